The first-order valence-corrected chi connectivity index (χ1v) is 7.96. The molecule has 0 bridgehead atoms. The molecule has 24 heavy (non-hydrogen) atoms. The highest BCUT2D eigenvalue weighted by Crippen LogP contribution is 2.46. The Labute approximate surface area is 138 Å². The number of aryl methyl sites for hydroxylation is 1. The summed E-state index contributed by atoms with van der Waals surface area (Å²) in [6.45, 7) is 0.551. The minimum absolute atomic E-state index is 0.281. The molecule has 1 atom stereocenters. The summed E-state index contributed by atoms with van der Waals surface area (Å²) >= 11 is 0. The maximum absolute atomic E-state index is 13.0. The molecule has 0 saturated carbocycles. The van der Waals surface area contributed by atoms with E-state index in [9.17, 15) is 19.1 Å². The van der Waals surface area contributed by atoms with Gasteiger partial charge in [-0.05, 0) is 42.7 Å². The smallest absolute Gasteiger partial charge is 0.264 e. The van der Waals surface area contributed by atoms with Crippen molar-refractivity contribution in [3.8, 4) is 0 Å². The number of amides is 1. The van der Waals surface area contributed by atoms with Gasteiger partial charge in [-0.3, -0.25) is 9.59 Å². The van der Waals surface area contributed by atoms with Crippen molar-refractivity contribution >= 4 is 17.4 Å². The molecule has 0 saturated heterocycles. The van der Waals surface area contributed by atoms with E-state index in [2.05, 4.69) is 0 Å². The van der Waals surface area contributed by atoms with Gasteiger partial charge in [-0.1, -0.05) is 18.2 Å². The van der Waals surface area contributed by atoms with Gasteiger partial charge in [0.1, 0.15) is 5.82 Å². The van der Waals surface area contributed by atoms with E-state index in [1.807, 2.05) is 12.1 Å². The second-order valence-electron chi connectivity index (χ2n) is 6.34. The number of carbonyl (C=O) groups excluding carboxylic acids is 2. The highest BCUT2D eigenvalue weighted by atomic mass is 19.1. The van der Waals surface area contributed by atoms with Gasteiger partial charge in [0.25, 0.3) is 5.91 Å². The lowest BCUT2D eigenvalue weighted by atomic mass is 9.87. The molecular weight excluding hydrogens is 309 g/mol. The van der Waals surface area contributed by atoms with E-state index in [0.29, 0.717) is 12.1 Å². The highest BCUT2D eigenvalue weighted by molar-refractivity contribution is 6.11. The van der Waals surface area contributed by atoms with E-state index in [1.54, 1.807) is 11.0 Å². The van der Waals surface area contributed by atoms with Crippen LogP contribution in [0.15, 0.2) is 42.5 Å². The third kappa shape index (κ3) is 2.08. The van der Waals surface area contributed by atoms with Crippen molar-refractivity contribution in [2.24, 2.45) is 0 Å². The van der Waals surface area contributed by atoms with Crippen LogP contribution >= 0.6 is 0 Å². The predicted molar refractivity (Wildman–Crippen MR) is 86.4 cm³/mol. The monoisotopic (exact) mass is 325 g/mol. The molecule has 122 valence electrons. The van der Waals surface area contributed by atoms with Crippen LogP contribution in [0.5, 0.6) is 0 Å². The molecule has 4 rings (SSSR count). The number of hydrogen-bond donors (Lipinski definition) is 1. The number of hydrogen-bond acceptors (Lipinski definition) is 3. The molecule has 0 aromatic heterocycles. The number of nitrogens with zero attached hydrogens (tertiary/aromatic N) is 1. The molecule has 0 fully saturated rings. The third-order valence-corrected chi connectivity index (χ3v) is 4.84. The Bertz CT molecular complexity index is 846. The Morgan fingerprint density at radius 2 is 1.96 bits per heavy atom. The van der Waals surface area contributed by atoms with E-state index < -0.39 is 17.3 Å². The second-order valence-corrected chi connectivity index (χ2v) is 6.34. The number of para-hydroxylation sites is 1. The zero-order valence-corrected chi connectivity index (χ0v) is 13.0. The first-order valence-electron chi connectivity index (χ1n) is 7.96. The lowest BCUT2D eigenvalue weighted by Crippen LogP contribution is -2.42. The number of halogens is 1. The van der Waals surface area contributed by atoms with E-state index >= 15 is 0 Å². The van der Waals surface area contributed by atoms with Crippen LogP contribution < -0.4 is 4.90 Å². The number of anilines is 1. The Kier molecular flexibility index (Phi) is 3.28. The van der Waals surface area contributed by atoms with Gasteiger partial charge >= 0.3 is 0 Å². The second kappa shape index (κ2) is 5.24. The van der Waals surface area contributed by atoms with Crippen LogP contribution in [0.2, 0.25) is 0 Å². The highest BCUT2D eigenvalue weighted by Gasteiger charge is 2.52. The van der Waals surface area contributed by atoms with Crippen molar-refractivity contribution in [2.45, 2.75) is 24.9 Å². The molecule has 0 aliphatic carbocycles. The normalized spacial score (nSPS) is 21.8. The van der Waals surface area contributed by atoms with Crippen molar-refractivity contribution in [3.05, 3.63) is 65.0 Å². The average Bonchev–Trinajstić information content (AvgIpc) is 2.80. The van der Waals surface area contributed by atoms with E-state index in [4.69, 9.17) is 0 Å². The van der Waals surface area contributed by atoms with Crippen LogP contribution in [0, 0.1) is 5.82 Å². The number of carbonyl (C=O) groups is 2. The molecule has 2 aromatic carbocycles. The van der Waals surface area contributed by atoms with Crippen LogP contribution in [0.25, 0.3) is 0 Å². The molecule has 0 spiro atoms. The molecule has 1 unspecified atom stereocenters. The van der Waals surface area contributed by atoms with Gasteiger partial charge in [-0.15, -0.1) is 0 Å². The lowest BCUT2D eigenvalue weighted by Gasteiger charge is -2.25. The molecule has 1 N–H and O–H groups in total. The summed E-state index contributed by atoms with van der Waals surface area (Å²) in [4.78, 5) is 26.9. The molecule has 2 aromatic rings. The molecule has 5 heteroatoms. The Morgan fingerprint density at radius 3 is 2.71 bits per heavy atom. The van der Waals surface area contributed by atoms with Gasteiger partial charge in [0.15, 0.2) is 11.4 Å². The van der Waals surface area contributed by atoms with E-state index in [1.165, 1.54) is 24.3 Å². The van der Waals surface area contributed by atoms with Crippen LogP contribution in [-0.4, -0.2) is 23.3 Å². The Morgan fingerprint density at radius 1 is 1.21 bits per heavy atom. The summed E-state index contributed by atoms with van der Waals surface area (Å²) in [6, 6.07) is 10.6. The van der Waals surface area contributed by atoms with E-state index in [-0.39, 0.29) is 17.8 Å². The number of ketones is 1. The molecule has 1 amide bonds. The van der Waals surface area contributed by atoms with Gasteiger partial charge in [-0.2, -0.15) is 0 Å². The Balaban J connectivity index is 1.73. The van der Waals surface area contributed by atoms with Crippen molar-refractivity contribution in [1.82, 2.24) is 0 Å². The third-order valence-electron chi connectivity index (χ3n) is 4.84. The van der Waals surface area contributed by atoms with Crippen molar-refractivity contribution in [3.63, 3.8) is 0 Å². The SMILES string of the molecule is O=C(CC1(O)C(=O)N2CCCc3cccc1c32)c1ccc(F)cc1. The number of benzene rings is 2. The quantitative estimate of drug-likeness (QED) is 0.883. The molecular formula is C19H16FNO3. The maximum atomic E-state index is 13.0. The van der Waals surface area contributed by atoms with Crippen molar-refractivity contribution in [1.29, 1.82) is 0 Å². The summed E-state index contributed by atoms with van der Waals surface area (Å²) < 4.78 is 13.0. The lowest BCUT2D eigenvalue weighted by molar-refractivity contribution is -0.135. The molecule has 2 aliphatic heterocycles. The summed E-state index contributed by atoms with van der Waals surface area (Å²) in [5.41, 5.74) is 0.713. The molecule has 2 heterocycles. The summed E-state index contributed by atoms with van der Waals surface area (Å²) in [5, 5.41) is 11.1. The van der Waals surface area contributed by atoms with Gasteiger partial charge in [0.05, 0.1) is 12.1 Å². The standard InChI is InChI=1S/C19H16FNO3/c20-14-8-6-12(7-9-14)16(22)11-19(24)15-5-1-3-13-4-2-10-21(17(13)15)18(19)23/h1,3,5-9,24H,2,4,10-11H2. The molecule has 2 aliphatic rings. The Hall–Kier alpha value is -2.53. The largest absolute Gasteiger partial charge is 0.375 e. The van der Waals surface area contributed by atoms with E-state index in [0.717, 1.165) is 24.1 Å². The summed E-state index contributed by atoms with van der Waals surface area (Å²) in [5.74, 6) is -1.27. The van der Waals surface area contributed by atoms with Gasteiger partial charge < -0.3 is 10.0 Å². The van der Waals surface area contributed by atoms with Crippen LogP contribution in [0.3, 0.4) is 0 Å². The number of aliphatic hydroxyl groups is 1. The van der Waals surface area contributed by atoms with Gasteiger partial charge in [0.2, 0.25) is 0 Å². The molecule has 4 nitrogen and oxygen atoms in total. The van der Waals surface area contributed by atoms with Gasteiger partial charge in [-0.25, -0.2) is 4.39 Å². The first-order chi connectivity index (χ1) is 11.5. The van der Waals surface area contributed by atoms with Crippen molar-refractivity contribution in [2.75, 3.05) is 11.4 Å². The van der Waals surface area contributed by atoms with Crippen LogP contribution in [-0.2, 0) is 16.8 Å². The maximum Gasteiger partial charge on any atom is 0.264 e. The molecule has 0 radical (unpaired) electrons. The number of rotatable bonds is 3. The van der Waals surface area contributed by atoms with Crippen molar-refractivity contribution < 1.29 is 19.1 Å². The fraction of sp³-hybridized carbons (Fsp3) is 0.263. The summed E-state index contributed by atoms with van der Waals surface area (Å²) in [6.07, 6.45) is 1.35. The summed E-state index contributed by atoms with van der Waals surface area (Å²) in [7, 11) is 0. The predicted octanol–water partition coefficient (Wildman–Crippen LogP) is 2.58. The minimum atomic E-state index is -1.85. The van der Waals surface area contributed by atoms with Crippen LogP contribution in [0.4, 0.5) is 10.1 Å². The zero-order chi connectivity index (χ0) is 16.9. The first kappa shape index (κ1) is 15.0. The van der Waals surface area contributed by atoms with Crippen LogP contribution in [0.1, 0.15) is 34.3 Å². The zero-order valence-electron chi connectivity index (χ0n) is 13.0. The fourth-order valence-electron chi connectivity index (χ4n) is 3.67. The minimum Gasteiger partial charge on any atom is -0.375 e. The fourth-order valence-corrected chi connectivity index (χ4v) is 3.67. The topological polar surface area (TPSA) is 57.6 Å². The number of Topliss-reactive ketones (excluding diaryl/α,β-unsaturated/α-hetero) is 1. The average molecular weight is 325 g/mol. The van der Waals surface area contributed by atoms with Gasteiger partial charge in [0, 0.05) is 17.7 Å².